The normalized spacial score (nSPS) is 13.3. The maximum absolute atomic E-state index is 15.7. The van der Waals surface area contributed by atoms with Gasteiger partial charge in [-0.2, -0.15) is 0 Å². The Bertz CT molecular complexity index is 3270. The molecule has 1 aliphatic heterocycles. The summed E-state index contributed by atoms with van der Waals surface area (Å²) in [6, 6.07) is 24.8. The SMILES string of the molecule is COc1ccccc1-c1c[nH]c2ncc(-c3cc(F)c(N)c(C(=O)N(C)C)c3)cc12.COc1ccccc1-c1c[nH]c2ncc(-c3cc(F)c(NC(=O)N4CC[C@@H](N(C)C)C4)c(C(=O)N(C)C)c3)cc12. The van der Waals surface area contributed by atoms with Gasteiger partial charge in [0.25, 0.3) is 11.8 Å². The van der Waals surface area contributed by atoms with Crippen LogP contribution in [-0.2, 0) is 0 Å². The molecule has 1 fully saturated rings. The number of aromatic amines is 2. The summed E-state index contributed by atoms with van der Waals surface area (Å²) in [5.74, 6) is -0.669. The molecule has 5 heterocycles. The van der Waals surface area contributed by atoms with Crippen LogP contribution in [0.5, 0.6) is 11.5 Å². The van der Waals surface area contributed by atoms with Crippen LogP contribution in [0, 0.1) is 11.6 Å². The Kier molecular flexibility index (Phi) is 13.8. The van der Waals surface area contributed by atoms with E-state index in [1.54, 1.807) is 71.8 Å². The number of hydrogen-bond donors (Lipinski definition) is 4. The van der Waals surface area contributed by atoms with Crippen LogP contribution in [-0.4, -0.2) is 133 Å². The zero-order valence-corrected chi connectivity index (χ0v) is 40.1. The van der Waals surface area contributed by atoms with Crippen LogP contribution < -0.4 is 20.5 Å². The highest BCUT2D eigenvalue weighted by Gasteiger charge is 2.30. The monoisotopic (exact) mass is 948 g/mol. The van der Waals surface area contributed by atoms with Gasteiger partial charge in [-0.3, -0.25) is 9.59 Å². The van der Waals surface area contributed by atoms with Gasteiger partial charge < -0.3 is 50.1 Å². The molecule has 0 saturated carbocycles. The number of H-pyrrole nitrogens is 2. The van der Waals surface area contributed by atoms with E-state index in [0.717, 1.165) is 45.2 Å². The van der Waals surface area contributed by atoms with Gasteiger partial charge in [-0.05, 0) is 80.2 Å². The molecule has 8 aromatic rings. The van der Waals surface area contributed by atoms with Crippen molar-refractivity contribution in [3.63, 3.8) is 0 Å². The van der Waals surface area contributed by atoms with Crippen LogP contribution in [0.25, 0.3) is 66.6 Å². The molecule has 360 valence electrons. The van der Waals surface area contributed by atoms with Gasteiger partial charge in [0.1, 0.15) is 34.4 Å². The van der Waals surface area contributed by atoms with Crippen LogP contribution in [0.2, 0.25) is 0 Å². The molecule has 15 nitrogen and oxygen atoms in total. The molecule has 0 aliphatic carbocycles. The first kappa shape index (κ1) is 48.2. The minimum atomic E-state index is -0.696. The molecular weight excluding hydrogens is 895 g/mol. The number of likely N-dealkylation sites (N-methyl/N-ethyl adjacent to an activating group) is 1. The van der Waals surface area contributed by atoms with Crippen molar-refractivity contribution < 1.29 is 32.6 Å². The highest BCUT2D eigenvalue weighted by molar-refractivity contribution is 6.05. The molecule has 1 atom stereocenters. The Morgan fingerprint density at radius 2 is 1.16 bits per heavy atom. The van der Waals surface area contributed by atoms with E-state index in [-0.39, 0.29) is 34.5 Å². The van der Waals surface area contributed by atoms with Gasteiger partial charge in [0.2, 0.25) is 0 Å². The number of likely N-dealkylation sites (tertiary alicyclic amines) is 1. The number of anilines is 2. The number of urea groups is 1. The average Bonchev–Trinajstić information content (AvgIpc) is 4.14. The molecule has 17 heteroatoms. The number of rotatable bonds is 10. The standard InChI is InChI=1S/C30H33FN6O3.C23H21FN4O2/c1-35(2)20-10-11-37(17-20)30(39)34-27-23(29(38)36(3)4)12-18(14-25(27)31)19-13-22-24(16-33-28(22)32-15-19)21-8-6-7-9-26(21)40-5;1-28(2)23(29)17-8-13(10-19(24)21(17)25)14-9-16-18(12-27-22(16)26-11-14)15-6-4-5-7-20(15)30-3/h6-9,12-16,20H,10-11,17H2,1-5H3,(H,32,33)(H,34,39);4-12H,25H2,1-3H3,(H,26,27)/t20-;/m1./s1. The Balaban J connectivity index is 0.000000196. The van der Waals surface area contributed by atoms with Gasteiger partial charge in [0.15, 0.2) is 0 Å². The van der Waals surface area contributed by atoms with Crippen LogP contribution in [0.4, 0.5) is 25.0 Å². The molecule has 70 heavy (non-hydrogen) atoms. The number of ether oxygens (including phenoxy) is 2. The maximum Gasteiger partial charge on any atom is 0.321 e. The Labute approximate surface area is 403 Å². The fourth-order valence-electron chi connectivity index (χ4n) is 8.55. The minimum Gasteiger partial charge on any atom is -0.496 e. The third-order valence-corrected chi connectivity index (χ3v) is 12.4. The summed E-state index contributed by atoms with van der Waals surface area (Å²) in [5, 5.41) is 4.35. The third kappa shape index (κ3) is 9.55. The topological polar surface area (TPSA) is 178 Å². The number of nitrogens with two attached hydrogens (primary N) is 1. The lowest BCUT2D eigenvalue weighted by atomic mass is 9.99. The predicted molar refractivity (Wildman–Crippen MR) is 270 cm³/mol. The number of pyridine rings is 2. The first-order chi connectivity index (χ1) is 33.6. The van der Waals surface area contributed by atoms with E-state index < -0.39 is 23.6 Å². The highest BCUT2D eigenvalue weighted by Crippen LogP contribution is 2.39. The summed E-state index contributed by atoms with van der Waals surface area (Å²) < 4.78 is 41.3. The lowest BCUT2D eigenvalue weighted by molar-refractivity contribution is 0.0821. The molecule has 4 aromatic heterocycles. The molecule has 5 N–H and O–H groups in total. The van der Waals surface area contributed by atoms with E-state index in [1.165, 1.54) is 21.9 Å². The summed E-state index contributed by atoms with van der Waals surface area (Å²) in [7, 11) is 13.6. The average molecular weight is 949 g/mol. The van der Waals surface area contributed by atoms with Crippen molar-refractivity contribution in [1.82, 2.24) is 39.5 Å². The first-order valence-corrected chi connectivity index (χ1v) is 22.4. The van der Waals surface area contributed by atoms with Crippen LogP contribution >= 0.6 is 0 Å². The van der Waals surface area contributed by atoms with Crippen molar-refractivity contribution in [3.8, 4) is 56.0 Å². The van der Waals surface area contributed by atoms with Crippen molar-refractivity contribution in [2.45, 2.75) is 12.5 Å². The number of hydrogen-bond acceptors (Lipinski definition) is 9. The van der Waals surface area contributed by atoms with Gasteiger partial charge in [0.05, 0.1) is 36.7 Å². The number of aromatic nitrogens is 4. The molecule has 1 aliphatic rings. The van der Waals surface area contributed by atoms with E-state index >= 15 is 4.39 Å². The summed E-state index contributed by atoms with van der Waals surface area (Å²) in [6.07, 6.45) is 7.83. The van der Waals surface area contributed by atoms with Crippen molar-refractivity contribution in [1.29, 1.82) is 0 Å². The largest absolute Gasteiger partial charge is 0.496 e. The zero-order chi connectivity index (χ0) is 50.0. The van der Waals surface area contributed by atoms with E-state index in [9.17, 15) is 18.8 Å². The molecule has 0 spiro atoms. The summed E-state index contributed by atoms with van der Waals surface area (Å²) in [5.41, 5.74) is 13.0. The number of halogens is 2. The molecule has 4 amide bonds. The van der Waals surface area contributed by atoms with Crippen molar-refractivity contribution in [2.24, 2.45) is 0 Å². The van der Waals surface area contributed by atoms with Crippen LogP contribution in [0.1, 0.15) is 27.1 Å². The lowest BCUT2D eigenvalue weighted by Gasteiger charge is -2.22. The van der Waals surface area contributed by atoms with Gasteiger partial charge >= 0.3 is 6.03 Å². The Morgan fingerprint density at radius 1 is 0.671 bits per heavy atom. The molecule has 0 unspecified atom stereocenters. The lowest BCUT2D eigenvalue weighted by Crippen LogP contribution is -2.37. The first-order valence-electron chi connectivity index (χ1n) is 22.4. The minimum absolute atomic E-state index is 0.0656. The second kappa shape index (κ2) is 20.1. The number of amides is 4. The number of nitrogens with zero attached hydrogens (tertiary/aromatic N) is 6. The van der Waals surface area contributed by atoms with E-state index in [4.69, 9.17) is 15.2 Å². The van der Waals surface area contributed by atoms with Crippen LogP contribution in [0.15, 0.2) is 110 Å². The van der Waals surface area contributed by atoms with Gasteiger partial charge in [-0.25, -0.2) is 23.5 Å². The van der Waals surface area contributed by atoms with E-state index in [0.29, 0.717) is 52.4 Å². The maximum atomic E-state index is 15.7. The van der Waals surface area contributed by atoms with Crippen molar-refractivity contribution >= 4 is 51.3 Å². The number of methoxy groups -OCH3 is 2. The third-order valence-electron chi connectivity index (χ3n) is 12.4. The van der Waals surface area contributed by atoms with Crippen LogP contribution in [0.3, 0.4) is 0 Å². The molecule has 1 saturated heterocycles. The molecule has 4 aromatic carbocycles. The number of fused-ring (bicyclic) bond motifs is 2. The zero-order valence-electron chi connectivity index (χ0n) is 40.1. The van der Waals surface area contributed by atoms with Gasteiger partial charge in [-0.1, -0.05) is 36.4 Å². The number of benzene rings is 4. The van der Waals surface area contributed by atoms with Gasteiger partial charge in [-0.15, -0.1) is 0 Å². The number of nitrogen functional groups attached to an aromatic ring is 1. The summed E-state index contributed by atoms with van der Waals surface area (Å²) >= 11 is 0. The molecular formula is C53H54F2N10O5. The number of carbonyl (C=O) groups excluding carboxylic acids is 3. The second-order valence-corrected chi connectivity index (χ2v) is 17.5. The molecule has 9 rings (SSSR count). The summed E-state index contributed by atoms with van der Waals surface area (Å²) in [4.78, 5) is 60.5. The summed E-state index contributed by atoms with van der Waals surface area (Å²) in [6.45, 7) is 1.09. The second-order valence-electron chi connectivity index (χ2n) is 17.5. The number of carbonyl (C=O) groups is 3. The fourth-order valence-corrected chi connectivity index (χ4v) is 8.55. The van der Waals surface area contributed by atoms with E-state index in [1.807, 2.05) is 87.2 Å². The van der Waals surface area contributed by atoms with Crippen molar-refractivity contribution in [2.75, 3.05) is 80.6 Å². The van der Waals surface area contributed by atoms with Crippen molar-refractivity contribution in [3.05, 3.63) is 132 Å². The number of para-hydroxylation sites is 2. The molecule has 0 bridgehead atoms. The predicted octanol–water partition coefficient (Wildman–Crippen LogP) is 9.24. The Hall–Kier alpha value is -8.31. The Morgan fingerprint density at radius 3 is 1.64 bits per heavy atom. The highest BCUT2D eigenvalue weighted by atomic mass is 19.1. The van der Waals surface area contributed by atoms with Gasteiger partial charge in [0, 0.05) is 116 Å². The number of nitrogens with one attached hydrogen (secondary N) is 3. The molecule has 0 radical (unpaired) electrons. The smallest absolute Gasteiger partial charge is 0.321 e. The van der Waals surface area contributed by atoms with E-state index in [2.05, 4.69) is 30.2 Å². The fraction of sp³-hybridized carbons (Fsp3) is 0.226. The quantitative estimate of drug-likeness (QED) is 0.0974.